The molecule has 4 heteroatoms. The lowest BCUT2D eigenvalue weighted by Crippen LogP contribution is -2.45. The van der Waals surface area contributed by atoms with Gasteiger partial charge in [-0.1, -0.05) is 83.2 Å². The Labute approximate surface area is 158 Å². The van der Waals surface area contributed by atoms with Crippen molar-refractivity contribution in [1.82, 2.24) is 5.32 Å². The fourth-order valence-corrected chi connectivity index (χ4v) is 2.79. The minimum atomic E-state index is -0.571. The van der Waals surface area contributed by atoms with Gasteiger partial charge in [-0.3, -0.25) is 4.79 Å². The van der Waals surface area contributed by atoms with Crippen LogP contribution in [0.4, 0.5) is 0 Å². The molecule has 146 valence electrons. The fourth-order valence-electron chi connectivity index (χ4n) is 2.79. The summed E-state index contributed by atoms with van der Waals surface area (Å²) in [7, 11) is 0. The number of benzene rings is 1. The predicted molar refractivity (Wildman–Crippen MR) is 106 cm³/mol. The predicted octanol–water partition coefficient (Wildman–Crippen LogP) is 4.66. The smallest absolute Gasteiger partial charge is 0.328 e. The second-order valence-electron chi connectivity index (χ2n) is 7.21. The Balaban J connectivity index is 2.30. The van der Waals surface area contributed by atoms with Crippen molar-refractivity contribution in [2.45, 2.75) is 78.2 Å². The molecule has 4 nitrogen and oxygen atoms in total. The molecular formula is C22H35NO3. The van der Waals surface area contributed by atoms with E-state index in [2.05, 4.69) is 12.2 Å². The zero-order chi connectivity index (χ0) is 19.2. The number of ether oxygens (including phenoxy) is 1. The molecule has 1 atom stereocenters. The maximum absolute atomic E-state index is 12.3. The van der Waals surface area contributed by atoms with E-state index in [0.717, 1.165) is 18.4 Å². The van der Waals surface area contributed by atoms with Crippen molar-refractivity contribution in [2.75, 3.05) is 6.61 Å². The van der Waals surface area contributed by atoms with Gasteiger partial charge in [0.2, 0.25) is 5.91 Å². The second-order valence-corrected chi connectivity index (χ2v) is 7.21. The van der Waals surface area contributed by atoms with Crippen LogP contribution in [0.2, 0.25) is 0 Å². The highest BCUT2D eigenvalue weighted by atomic mass is 16.5. The third-order valence-corrected chi connectivity index (χ3v) is 4.46. The van der Waals surface area contributed by atoms with E-state index in [-0.39, 0.29) is 17.8 Å². The molecule has 0 saturated heterocycles. The normalized spacial score (nSPS) is 12.0. The van der Waals surface area contributed by atoms with Crippen molar-refractivity contribution in [3.63, 3.8) is 0 Å². The highest BCUT2D eigenvalue weighted by Gasteiger charge is 2.25. The molecule has 0 aliphatic heterocycles. The van der Waals surface area contributed by atoms with E-state index in [1.165, 1.54) is 25.7 Å². The first-order valence-electron chi connectivity index (χ1n) is 10.0. The Hall–Kier alpha value is -1.84. The number of nitrogens with one attached hydrogen (secondary N) is 1. The molecule has 0 spiro atoms. The van der Waals surface area contributed by atoms with Crippen molar-refractivity contribution in [3.05, 3.63) is 35.9 Å². The molecule has 1 unspecified atom stereocenters. The average molecular weight is 362 g/mol. The number of carbonyl (C=O) groups excluding carboxylic acids is 2. The number of hydrogen-bond acceptors (Lipinski definition) is 3. The molecule has 0 aliphatic carbocycles. The van der Waals surface area contributed by atoms with Gasteiger partial charge in [0, 0.05) is 6.42 Å². The van der Waals surface area contributed by atoms with E-state index in [0.29, 0.717) is 19.4 Å². The maximum Gasteiger partial charge on any atom is 0.328 e. The number of carbonyl (C=O) groups is 2. The number of amides is 1. The molecular weight excluding hydrogens is 326 g/mol. The largest absolute Gasteiger partial charge is 0.464 e. The van der Waals surface area contributed by atoms with Crippen LogP contribution in [0.15, 0.2) is 30.3 Å². The van der Waals surface area contributed by atoms with Crippen LogP contribution in [0.25, 0.3) is 0 Å². The highest BCUT2D eigenvalue weighted by Crippen LogP contribution is 2.09. The Morgan fingerprint density at radius 2 is 1.65 bits per heavy atom. The van der Waals surface area contributed by atoms with Crippen LogP contribution in [0.3, 0.4) is 0 Å². The van der Waals surface area contributed by atoms with Gasteiger partial charge in [0.25, 0.3) is 0 Å². The molecule has 1 N–H and O–H groups in total. The number of esters is 1. The van der Waals surface area contributed by atoms with E-state index < -0.39 is 6.04 Å². The lowest BCUT2D eigenvalue weighted by Gasteiger charge is -2.21. The van der Waals surface area contributed by atoms with Crippen LogP contribution >= 0.6 is 0 Å². The van der Waals surface area contributed by atoms with Crippen molar-refractivity contribution in [2.24, 2.45) is 5.92 Å². The molecule has 0 fully saturated rings. The van der Waals surface area contributed by atoms with Crippen LogP contribution < -0.4 is 5.32 Å². The first kappa shape index (κ1) is 22.2. The third-order valence-electron chi connectivity index (χ3n) is 4.46. The maximum atomic E-state index is 12.3. The summed E-state index contributed by atoms with van der Waals surface area (Å²) in [4.78, 5) is 24.5. The minimum absolute atomic E-state index is 0.00716. The van der Waals surface area contributed by atoms with Gasteiger partial charge >= 0.3 is 5.97 Å². The number of hydrogen-bond donors (Lipinski definition) is 1. The van der Waals surface area contributed by atoms with Gasteiger partial charge in [-0.05, 0) is 24.3 Å². The zero-order valence-corrected chi connectivity index (χ0v) is 16.6. The van der Waals surface area contributed by atoms with E-state index in [9.17, 15) is 9.59 Å². The summed E-state index contributed by atoms with van der Waals surface area (Å²) in [5.74, 6) is -0.418. The van der Waals surface area contributed by atoms with Gasteiger partial charge < -0.3 is 10.1 Å². The Bertz CT molecular complexity index is 513. The van der Waals surface area contributed by atoms with Crippen LogP contribution in [0.5, 0.6) is 0 Å². The summed E-state index contributed by atoms with van der Waals surface area (Å²) in [6.07, 6.45) is 7.96. The molecule has 1 aromatic rings. The topological polar surface area (TPSA) is 55.4 Å². The fraction of sp³-hybridized carbons (Fsp3) is 0.636. The summed E-state index contributed by atoms with van der Waals surface area (Å²) in [5, 5.41) is 2.84. The van der Waals surface area contributed by atoms with E-state index in [1.54, 1.807) is 0 Å². The van der Waals surface area contributed by atoms with Gasteiger partial charge in [-0.25, -0.2) is 4.79 Å². The number of aryl methyl sites for hydroxylation is 1. The van der Waals surface area contributed by atoms with Crippen LogP contribution in [-0.4, -0.2) is 24.5 Å². The van der Waals surface area contributed by atoms with Gasteiger partial charge in [0.15, 0.2) is 0 Å². The molecule has 0 radical (unpaired) electrons. The minimum Gasteiger partial charge on any atom is -0.464 e. The highest BCUT2D eigenvalue weighted by molar-refractivity contribution is 5.84. The van der Waals surface area contributed by atoms with Crippen molar-refractivity contribution in [3.8, 4) is 0 Å². The zero-order valence-electron chi connectivity index (χ0n) is 16.6. The van der Waals surface area contributed by atoms with Crippen LogP contribution in [0, 0.1) is 5.92 Å². The van der Waals surface area contributed by atoms with E-state index >= 15 is 0 Å². The lowest BCUT2D eigenvalue weighted by molar-refractivity contribution is -0.149. The van der Waals surface area contributed by atoms with Crippen molar-refractivity contribution >= 4 is 11.9 Å². The van der Waals surface area contributed by atoms with Gasteiger partial charge in [-0.15, -0.1) is 0 Å². The van der Waals surface area contributed by atoms with Gasteiger partial charge in [-0.2, -0.15) is 0 Å². The lowest BCUT2D eigenvalue weighted by atomic mass is 10.0. The van der Waals surface area contributed by atoms with Crippen molar-refractivity contribution < 1.29 is 14.3 Å². The molecule has 0 bridgehead atoms. The van der Waals surface area contributed by atoms with Gasteiger partial charge in [0.1, 0.15) is 6.04 Å². The molecule has 1 aromatic carbocycles. The second kappa shape index (κ2) is 13.4. The van der Waals surface area contributed by atoms with E-state index in [1.807, 2.05) is 44.2 Å². The molecule has 0 aliphatic rings. The summed E-state index contributed by atoms with van der Waals surface area (Å²) >= 11 is 0. The standard InChI is InChI=1S/C22H35NO3/c1-4-5-6-7-8-12-17-26-22(25)21(18(2)3)23-20(24)16-15-19-13-10-9-11-14-19/h9-11,13-14,18,21H,4-8,12,15-17H2,1-3H3,(H,23,24). The molecule has 1 rings (SSSR count). The van der Waals surface area contributed by atoms with Gasteiger partial charge in [0.05, 0.1) is 6.61 Å². The Morgan fingerprint density at radius 1 is 1.00 bits per heavy atom. The Morgan fingerprint density at radius 3 is 2.31 bits per heavy atom. The first-order valence-corrected chi connectivity index (χ1v) is 10.0. The number of unbranched alkanes of at least 4 members (excludes halogenated alkanes) is 5. The molecule has 1 amide bonds. The third kappa shape index (κ3) is 9.59. The SMILES string of the molecule is CCCCCCCCOC(=O)C(NC(=O)CCc1ccccc1)C(C)C. The van der Waals surface area contributed by atoms with Crippen molar-refractivity contribution in [1.29, 1.82) is 0 Å². The monoisotopic (exact) mass is 361 g/mol. The molecule has 0 saturated carbocycles. The summed E-state index contributed by atoms with van der Waals surface area (Å²) in [6, 6.07) is 9.31. The van der Waals surface area contributed by atoms with E-state index in [4.69, 9.17) is 4.74 Å². The summed E-state index contributed by atoms with van der Waals surface area (Å²) < 4.78 is 5.38. The average Bonchev–Trinajstić information content (AvgIpc) is 2.64. The summed E-state index contributed by atoms with van der Waals surface area (Å²) in [6.45, 7) is 6.48. The molecule has 0 heterocycles. The Kier molecular flexibility index (Phi) is 11.4. The molecule has 0 aromatic heterocycles. The molecule has 26 heavy (non-hydrogen) atoms. The first-order chi connectivity index (χ1) is 12.5. The summed E-state index contributed by atoms with van der Waals surface area (Å²) in [5.41, 5.74) is 1.12. The quantitative estimate of drug-likeness (QED) is 0.410. The van der Waals surface area contributed by atoms with Crippen LogP contribution in [0.1, 0.15) is 71.3 Å². The number of rotatable bonds is 13. The van der Waals surface area contributed by atoms with Crippen LogP contribution in [-0.2, 0) is 20.7 Å².